The van der Waals surface area contributed by atoms with Crippen LogP contribution in [0, 0.1) is 5.95 Å². The number of fused-ring (bicyclic) bond motifs is 3. The van der Waals surface area contributed by atoms with Gasteiger partial charge in [-0.05, 0) is 47.9 Å². The first-order valence-corrected chi connectivity index (χ1v) is 12.2. The van der Waals surface area contributed by atoms with Crippen molar-refractivity contribution in [3.05, 3.63) is 124 Å². The number of aliphatic hydroxyl groups excluding tert-OH is 1. The van der Waals surface area contributed by atoms with Gasteiger partial charge in [0.05, 0.1) is 11.7 Å². The van der Waals surface area contributed by atoms with Gasteiger partial charge >= 0.3 is 0 Å². The number of halogens is 2. The number of carbonyl (C=O) groups excluding carboxylic acids is 1. The smallest absolute Gasteiger partial charge is 0.260 e. The molecule has 0 spiro atoms. The van der Waals surface area contributed by atoms with Crippen LogP contribution in [0.25, 0.3) is 0 Å². The number of hydrogen-bond acceptors (Lipinski definition) is 5. The van der Waals surface area contributed by atoms with E-state index in [9.17, 15) is 19.4 Å². The Labute approximate surface area is 217 Å². The van der Waals surface area contributed by atoms with E-state index in [1.165, 1.54) is 18.3 Å². The fourth-order valence-electron chi connectivity index (χ4n) is 5.76. The van der Waals surface area contributed by atoms with Gasteiger partial charge in [0.2, 0.25) is 5.95 Å². The summed E-state index contributed by atoms with van der Waals surface area (Å²) in [5.74, 6) is -1.64. The van der Waals surface area contributed by atoms with Crippen molar-refractivity contribution in [3.63, 3.8) is 0 Å². The predicted octanol–water partition coefficient (Wildman–Crippen LogP) is 5.15. The molecule has 8 heteroatoms. The molecule has 3 aromatic carbocycles. The molecular formula is C29H22ClFN2O4. The molecule has 186 valence electrons. The molecule has 0 saturated heterocycles. The van der Waals surface area contributed by atoms with Crippen molar-refractivity contribution in [1.82, 2.24) is 4.98 Å². The Kier molecular flexibility index (Phi) is 5.53. The van der Waals surface area contributed by atoms with Crippen LogP contribution < -0.4 is 10.1 Å². The fraction of sp³-hybridized carbons (Fsp3) is 0.172. The zero-order valence-corrected chi connectivity index (χ0v) is 20.2. The Morgan fingerprint density at radius 3 is 2.54 bits per heavy atom. The fourth-order valence-corrected chi connectivity index (χ4v) is 5.89. The third kappa shape index (κ3) is 3.46. The average molecular weight is 517 g/mol. The first-order chi connectivity index (χ1) is 17.8. The van der Waals surface area contributed by atoms with Crippen LogP contribution in [-0.2, 0) is 11.2 Å². The Morgan fingerprint density at radius 1 is 1.05 bits per heavy atom. The van der Waals surface area contributed by atoms with E-state index >= 15 is 0 Å². The zero-order valence-electron chi connectivity index (χ0n) is 19.4. The average Bonchev–Trinajstić information content (AvgIpc) is 3.30. The second-order valence-electron chi connectivity index (χ2n) is 9.33. The maximum atomic E-state index is 14.0. The van der Waals surface area contributed by atoms with E-state index in [1.54, 1.807) is 42.5 Å². The summed E-state index contributed by atoms with van der Waals surface area (Å²) in [4.78, 5) is 16.2. The first kappa shape index (κ1) is 23.6. The molecule has 1 amide bonds. The van der Waals surface area contributed by atoms with E-state index in [2.05, 4.69) is 10.3 Å². The van der Waals surface area contributed by atoms with Gasteiger partial charge in [0.25, 0.3) is 5.91 Å². The number of nitrogens with zero attached hydrogens (tertiary/aromatic N) is 1. The highest BCUT2D eigenvalue weighted by Crippen LogP contribution is 2.66. The SMILES string of the molecule is O=C(Nc1ccc2c(c1)O[C@@]1(c3ccc(Cl)cc3)C(c3ccccc3)C[C@H](O)[C@@]21O)c1cccnc1F. The number of aromatic nitrogens is 1. The predicted molar refractivity (Wildman–Crippen MR) is 136 cm³/mol. The highest BCUT2D eigenvalue weighted by Gasteiger charge is 2.72. The van der Waals surface area contributed by atoms with Crippen molar-refractivity contribution in [2.45, 2.75) is 29.6 Å². The van der Waals surface area contributed by atoms with E-state index < -0.39 is 35.1 Å². The number of aliphatic hydroxyl groups is 2. The van der Waals surface area contributed by atoms with E-state index in [-0.39, 0.29) is 12.0 Å². The Hall–Kier alpha value is -3.78. The molecule has 0 bridgehead atoms. The van der Waals surface area contributed by atoms with Crippen LogP contribution in [0.15, 0.2) is 91.1 Å². The largest absolute Gasteiger partial charge is 0.478 e. The Balaban J connectivity index is 1.46. The van der Waals surface area contributed by atoms with Crippen LogP contribution in [-0.4, -0.2) is 27.2 Å². The van der Waals surface area contributed by atoms with Gasteiger partial charge in [-0.3, -0.25) is 4.79 Å². The second-order valence-corrected chi connectivity index (χ2v) is 9.77. The topological polar surface area (TPSA) is 91.7 Å². The van der Waals surface area contributed by atoms with Gasteiger partial charge in [-0.15, -0.1) is 0 Å². The van der Waals surface area contributed by atoms with Crippen LogP contribution in [0.3, 0.4) is 0 Å². The summed E-state index contributed by atoms with van der Waals surface area (Å²) in [5.41, 5.74) is -1.04. The van der Waals surface area contributed by atoms with Crippen molar-refractivity contribution < 1.29 is 24.1 Å². The van der Waals surface area contributed by atoms with Gasteiger partial charge in [-0.1, -0.05) is 60.1 Å². The summed E-state index contributed by atoms with van der Waals surface area (Å²) < 4.78 is 20.7. The summed E-state index contributed by atoms with van der Waals surface area (Å²) >= 11 is 6.17. The molecule has 1 aromatic heterocycles. The number of hydrogen-bond donors (Lipinski definition) is 3. The molecule has 1 saturated carbocycles. The lowest BCUT2D eigenvalue weighted by Crippen LogP contribution is -2.51. The molecule has 4 aromatic rings. The third-order valence-corrected chi connectivity index (χ3v) is 7.65. The Morgan fingerprint density at radius 2 is 1.81 bits per heavy atom. The third-order valence-electron chi connectivity index (χ3n) is 7.40. The summed E-state index contributed by atoms with van der Waals surface area (Å²) in [6, 6.07) is 24.2. The van der Waals surface area contributed by atoms with E-state index in [0.717, 1.165) is 5.56 Å². The lowest BCUT2D eigenvalue weighted by Gasteiger charge is -2.40. The molecule has 0 radical (unpaired) electrons. The highest BCUT2D eigenvalue weighted by atomic mass is 35.5. The van der Waals surface area contributed by atoms with Gasteiger partial charge in [-0.2, -0.15) is 4.39 Å². The van der Waals surface area contributed by atoms with E-state index in [0.29, 0.717) is 27.6 Å². The molecule has 1 aliphatic carbocycles. The number of benzene rings is 3. The molecule has 6 nitrogen and oxygen atoms in total. The first-order valence-electron chi connectivity index (χ1n) is 11.8. The highest BCUT2D eigenvalue weighted by molar-refractivity contribution is 6.30. The number of rotatable bonds is 4. The van der Waals surface area contributed by atoms with E-state index in [1.807, 2.05) is 30.3 Å². The van der Waals surface area contributed by atoms with Crippen molar-refractivity contribution >= 4 is 23.2 Å². The second kappa shape index (κ2) is 8.66. The van der Waals surface area contributed by atoms with Crippen molar-refractivity contribution in [1.29, 1.82) is 0 Å². The summed E-state index contributed by atoms with van der Waals surface area (Å²) in [5, 5.41) is 26.8. The lowest BCUT2D eigenvalue weighted by atomic mass is 9.71. The number of ether oxygens (including phenoxy) is 1. The zero-order chi connectivity index (χ0) is 25.8. The minimum atomic E-state index is -1.78. The maximum absolute atomic E-state index is 14.0. The van der Waals surface area contributed by atoms with Crippen molar-refractivity contribution in [3.8, 4) is 5.75 Å². The molecule has 6 rings (SSSR count). The van der Waals surface area contributed by atoms with Crippen molar-refractivity contribution in [2.75, 3.05) is 5.32 Å². The summed E-state index contributed by atoms with van der Waals surface area (Å²) in [6.45, 7) is 0. The molecular weight excluding hydrogens is 495 g/mol. The number of pyridine rings is 1. The van der Waals surface area contributed by atoms with E-state index in [4.69, 9.17) is 16.3 Å². The molecule has 37 heavy (non-hydrogen) atoms. The maximum Gasteiger partial charge on any atom is 0.260 e. The Bertz CT molecular complexity index is 1500. The standard InChI is InChI=1S/C29H22ClFN2O4/c30-19-10-8-18(9-11-19)29-23(17-5-2-1-3-6-17)16-25(34)28(29,36)22-13-12-20(15-24(22)37-29)33-27(35)21-7-4-14-32-26(21)31/h1-15,23,25,34,36H,16H2,(H,33,35)/t23?,25-,28-,29-/m0/s1. The normalized spacial score (nSPS) is 25.7. The van der Waals surface area contributed by atoms with Gasteiger partial charge in [0.15, 0.2) is 11.2 Å². The monoisotopic (exact) mass is 516 g/mol. The molecule has 2 aliphatic rings. The number of anilines is 1. The van der Waals surface area contributed by atoms with Gasteiger partial charge in [-0.25, -0.2) is 4.98 Å². The van der Waals surface area contributed by atoms with Crippen LogP contribution >= 0.6 is 11.6 Å². The lowest BCUT2D eigenvalue weighted by molar-refractivity contribution is -0.149. The molecule has 1 fully saturated rings. The van der Waals surface area contributed by atoms with Crippen LogP contribution in [0.2, 0.25) is 5.02 Å². The van der Waals surface area contributed by atoms with Crippen LogP contribution in [0.1, 0.15) is 39.4 Å². The quantitative estimate of drug-likeness (QED) is 0.326. The summed E-state index contributed by atoms with van der Waals surface area (Å²) in [7, 11) is 0. The minimum Gasteiger partial charge on any atom is -0.478 e. The molecule has 3 N–H and O–H groups in total. The molecule has 2 heterocycles. The summed E-state index contributed by atoms with van der Waals surface area (Å²) in [6.07, 6.45) is 0.389. The van der Waals surface area contributed by atoms with Gasteiger partial charge in [0, 0.05) is 34.5 Å². The molecule has 1 aliphatic heterocycles. The van der Waals surface area contributed by atoms with Crippen LogP contribution in [0.5, 0.6) is 5.75 Å². The molecule has 1 unspecified atom stereocenters. The number of carbonyl (C=O) groups is 1. The van der Waals surface area contributed by atoms with Gasteiger partial charge < -0.3 is 20.3 Å². The number of amides is 1. The van der Waals surface area contributed by atoms with Crippen LogP contribution in [0.4, 0.5) is 10.1 Å². The number of nitrogens with one attached hydrogen (secondary N) is 1. The van der Waals surface area contributed by atoms with Crippen molar-refractivity contribution in [2.24, 2.45) is 0 Å². The molecule has 4 atom stereocenters. The minimum absolute atomic E-state index is 0.198. The van der Waals surface area contributed by atoms with Gasteiger partial charge in [0.1, 0.15) is 5.75 Å².